The van der Waals surface area contributed by atoms with E-state index < -0.39 is 35.3 Å². The molecular weight excluding hydrogens is 602 g/mol. The lowest BCUT2D eigenvalue weighted by atomic mass is 9.75. The SMILES string of the molecule is CCCC1CCC(OC(F)(F)C2CCC(C)CC2)CC1.CCOc1ccc(C2CCC(c3ccc(C)c(F)c3F)CC2)c(F)c1F. The average Bonchev–Trinajstić information content (AvgIpc) is 3.04. The van der Waals surface area contributed by atoms with Crippen LogP contribution in [0.25, 0.3) is 0 Å². The lowest BCUT2D eigenvalue weighted by Gasteiger charge is -2.36. The average molecular weight is 655 g/mol. The van der Waals surface area contributed by atoms with Crippen LogP contribution in [0, 0.1) is 47.9 Å². The van der Waals surface area contributed by atoms with E-state index >= 15 is 0 Å². The first-order valence-electron chi connectivity index (χ1n) is 17.6. The second-order valence-corrected chi connectivity index (χ2v) is 13.9. The summed E-state index contributed by atoms with van der Waals surface area (Å²) < 4.78 is 95.3. The molecule has 0 bridgehead atoms. The number of halogens is 6. The fourth-order valence-electron chi connectivity index (χ4n) is 7.68. The number of aryl methyl sites for hydroxylation is 1. The Morgan fingerprint density at radius 1 is 0.674 bits per heavy atom. The zero-order valence-corrected chi connectivity index (χ0v) is 28.0. The zero-order chi connectivity index (χ0) is 33.4. The van der Waals surface area contributed by atoms with Gasteiger partial charge in [0.05, 0.1) is 18.6 Å². The predicted octanol–water partition coefficient (Wildman–Crippen LogP) is 12.2. The largest absolute Gasteiger partial charge is 0.491 e. The summed E-state index contributed by atoms with van der Waals surface area (Å²) in [5.41, 5.74) is 0.997. The number of rotatable bonds is 9. The van der Waals surface area contributed by atoms with Gasteiger partial charge in [0.1, 0.15) is 0 Å². The topological polar surface area (TPSA) is 18.5 Å². The van der Waals surface area contributed by atoms with E-state index in [4.69, 9.17) is 9.47 Å². The first kappa shape index (κ1) is 36.6. The van der Waals surface area contributed by atoms with Gasteiger partial charge < -0.3 is 9.47 Å². The number of hydrogen-bond donors (Lipinski definition) is 0. The van der Waals surface area contributed by atoms with Crippen molar-refractivity contribution < 1.29 is 35.8 Å². The van der Waals surface area contributed by atoms with Crippen molar-refractivity contribution in [2.24, 2.45) is 17.8 Å². The van der Waals surface area contributed by atoms with Crippen LogP contribution in [0.15, 0.2) is 24.3 Å². The zero-order valence-electron chi connectivity index (χ0n) is 28.0. The molecule has 0 saturated heterocycles. The van der Waals surface area contributed by atoms with Crippen LogP contribution < -0.4 is 4.74 Å². The minimum absolute atomic E-state index is 0.0837. The van der Waals surface area contributed by atoms with Gasteiger partial charge in [0.2, 0.25) is 5.82 Å². The second kappa shape index (κ2) is 16.7. The fourth-order valence-corrected chi connectivity index (χ4v) is 7.68. The number of hydrogen-bond acceptors (Lipinski definition) is 2. The molecule has 3 aliphatic carbocycles. The minimum atomic E-state index is -2.90. The molecule has 0 amide bonds. The summed E-state index contributed by atoms with van der Waals surface area (Å²) in [5, 5.41) is 0. The quantitative estimate of drug-likeness (QED) is 0.251. The van der Waals surface area contributed by atoms with E-state index in [-0.39, 0.29) is 35.9 Å². The van der Waals surface area contributed by atoms with E-state index in [1.54, 1.807) is 25.1 Å². The van der Waals surface area contributed by atoms with Crippen LogP contribution >= 0.6 is 0 Å². The molecule has 2 nitrogen and oxygen atoms in total. The molecule has 0 radical (unpaired) electrons. The first-order valence-corrected chi connectivity index (χ1v) is 17.6. The van der Waals surface area contributed by atoms with E-state index in [2.05, 4.69) is 13.8 Å². The Bertz CT molecular complexity index is 1240. The van der Waals surface area contributed by atoms with Crippen molar-refractivity contribution in [2.75, 3.05) is 6.61 Å². The molecule has 3 fully saturated rings. The van der Waals surface area contributed by atoms with Crippen molar-refractivity contribution in [3.8, 4) is 5.75 Å². The molecule has 3 aliphatic rings. The highest BCUT2D eigenvalue weighted by atomic mass is 19.3. The fraction of sp³-hybridized carbons (Fsp3) is 0.684. The molecular formula is C38H52F6O2. The summed E-state index contributed by atoms with van der Waals surface area (Å²) in [7, 11) is 0. The molecule has 0 atom stereocenters. The molecule has 2 aromatic carbocycles. The molecule has 0 aliphatic heterocycles. The van der Waals surface area contributed by atoms with Crippen molar-refractivity contribution in [1.82, 2.24) is 0 Å². The predicted molar refractivity (Wildman–Crippen MR) is 170 cm³/mol. The van der Waals surface area contributed by atoms with Crippen LogP contribution in [0.3, 0.4) is 0 Å². The van der Waals surface area contributed by atoms with Gasteiger partial charge in [0.25, 0.3) is 0 Å². The van der Waals surface area contributed by atoms with Crippen LogP contribution in [0.1, 0.15) is 139 Å². The normalized spacial score (nSPS) is 27.1. The van der Waals surface area contributed by atoms with Crippen molar-refractivity contribution in [3.63, 3.8) is 0 Å². The van der Waals surface area contributed by atoms with Gasteiger partial charge in [-0.15, -0.1) is 0 Å². The molecule has 0 N–H and O–H groups in total. The number of benzene rings is 2. The summed E-state index contributed by atoms with van der Waals surface area (Å²) in [4.78, 5) is 0. The van der Waals surface area contributed by atoms with Gasteiger partial charge >= 0.3 is 6.11 Å². The molecule has 258 valence electrons. The van der Waals surface area contributed by atoms with Gasteiger partial charge in [-0.2, -0.15) is 13.2 Å². The summed E-state index contributed by atoms with van der Waals surface area (Å²) in [6.07, 6.45) is 8.62. The van der Waals surface area contributed by atoms with Crippen LogP contribution in [0.4, 0.5) is 26.3 Å². The smallest absolute Gasteiger partial charge is 0.358 e. The van der Waals surface area contributed by atoms with Crippen molar-refractivity contribution in [3.05, 3.63) is 64.2 Å². The highest BCUT2D eigenvalue weighted by Crippen LogP contribution is 2.44. The third-order valence-corrected chi connectivity index (χ3v) is 10.6. The summed E-state index contributed by atoms with van der Waals surface area (Å²) in [6.45, 7) is 7.85. The Morgan fingerprint density at radius 3 is 1.76 bits per heavy atom. The summed E-state index contributed by atoms with van der Waals surface area (Å²) >= 11 is 0. The first-order chi connectivity index (χ1) is 21.9. The van der Waals surface area contributed by atoms with Crippen LogP contribution in [-0.2, 0) is 4.74 Å². The molecule has 0 heterocycles. The van der Waals surface area contributed by atoms with E-state index in [0.29, 0.717) is 55.6 Å². The van der Waals surface area contributed by atoms with E-state index in [1.165, 1.54) is 25.8 Å². The van der Waals surface area contributed by atoms with Crippen LogP contribution in [-0.4, -0.2) is 18.8 Å². The third-order valence-electron chi connectivity index (χ3n) is 10.6. The van der Waals surface area contributed by atoms with E-state index in [1.807, 2.05) is 0 Å². The van der Waals surface area contributed by atoms with Gasteiger partial charge in [-0.05, 0) is 124 Å². The van der Waals surface area contributed by atoms with E-state index in [0.717, 1.165) is 44.4 Å². The maximum atomic E-state index is 14.4. The number of ether oxygens (including phenoxy) is 2. The van der Waals surface area contributed by atoms with Gasteiger partial charge in [-0.25, -0.2) is 13.2 Å². The highest BCUT2D eigenvalue weighted by Gasteiger charge is 2.44. The lowest BCUT2D eigenvalue weighted by molar-refractivity contribution is -0.301. The van der Waals surface area contributed by atoms with Gasteiger partial charge in [-0.3, -0.25) is 0 Å². The molecule has 46 heavy (non-hydrogen) atoms. The number of alkyl halides is 2. The van der Waals surface area contributed by atoms with Gasteiger partial charge in [0, 0.05) is 0 Å². The monoisotopic (exact) mass is 654 g/mol. The van der Waals surface area contributed by atoms with Crippen LogP contribution in [0.5, 0.6) is 5.75 Å². The van der Waals surface area contributed by atoms with Crippen molar-refractivity contribution in [1.29, 1.82) is 0 Å². The third kappa shape index (κ3) is 9.23. The summed E-state index contributed by atoms with van der Waals surface area (Å²) in [6, 6.07) is 6.25. The minimum Gasteiger partial charge on any atom is -0.491 e. The standard InChI is InChI=1S/C21H22F4O.C17H30F2O/c1-3-26-17-11-10-16(20(24)21(17)25)14-7-5-13(6-8-14)15-9-4-12(2)18(22)19(15)23;1-3-4-14-7-11-16(12-8-14)20-17(18,19)15-9-5-13(2)6-10-15/h4,9-11,13-14H,3,5-8H2,1-2H3;13-16H,3-12H2,1-2H3. The molecule has 0 aromatic heterocycles. The maximum absolute atomic E-state index is 14.4. The van der Waals surface area contributed by atoms with Gasteiger partial charge in [0.15, 0.2) is 23.2 Å². The Balaban J connectivity index is 0.000000216. The Labute approximate surface area is 271 Å². The molecule has 0 spiro atoms. The molecule has 5 rings (SSSR count). The van der Waals surface area contributed by atoms with Crippen LogP contribution in [0.2, 0.25) is 0 Å². The second-order valence-electron chi connectivity index (χ2n) is 13.9. The molecule has 2 aromatic rings. The van der Waals surface area contributed by atoms with Gasteiger partial charge in [-0.1, -0.05) is 57.7 Å². The highest BCUT2D eigenvalue weighted by molar-refractivity contribution is 5.34. The lowest BCUT2D eigenvalue weighted by Crippen LogP contribution is -2.38. The van der Waals surface area contributed by atoms with Crippen molar-refractivity contribution in [2.45, 2.75) is 142 Å². The van der Waals surface area contributed by atoms with Crippen molar-refractivity contribution >= 4 is 0 Å². The molecule has 3 saturated carbocycles. The molecule has 0 unspecified atom stereocenters. The molecule has 8 heteroatoms. The van der Waals surface area contributed by atoms with E-state index in [9.17, 15) is 26.3 Å². The summed E-state index contributed by atoms with van der Waals surface area (Å²) in [5.74, 6) is -2.94. The maximum Gasteiger partial charge on any atom is 0.358 e. The Hall–Kier alpha value is -2.22. The Morgan fingerprint density at radius 2 is 1.22 bits per heavy atom. The Kier molecular flexibility index (Phi) is 13.3.